The molecule has 5 heteroatoms. The summed E-state index contributed by atoms with van der Waals surface area (Å²) in [6.07, 6.45) is 5.15. The number of para-hydroxylation sites is 1. The topological polar surface area (TPSA) is 43.1 Å². The zero-order chi connectivity index (χ0) is 21.9. The van der Waals surface area contributed by atoms with Gasteiger partial charge in [-0.15, -0.1) is 0 Å². The molecule has 1 amide bonds. The van der Waals surface area contributed by atoms with Crippen LogP contribution in [-0.2, 0) is 13.5 Å². The van der Waals surface area contributed by atoms with Gasteiger partial charge in [0.15, 0.2) is 0 Å². The number of aromatic nitrogens is 3. The molecule has 1 aliphatic heterocycles. The van der Waals surface area contributed by atoms with Gasteiger partial charge in [0, 0.05) is 26.3 Å². The summed E-state index contributed by atoms with van der Waals surface area (Å²) in [6.45, 7) is 1.57. The maximum absolute atomic E-state index is 13.6. The van der Waals surface area contributed by atoms with Gasteiger partial charge in [-0.3, -0.25) is 4.79 Å². The number of rotatable bonds is 5. The van der Waals surface area contributed by atoms with Crippen molar-refractivity contribution in [1.29, 1.82) is 0 Å². The van der Waals surface area contributed by atoms with E-state index in [1.807, 2.05) is 71.2 Å². The molecule has 1 fully saturated rings. The number of carbonyl (C=O) groups is 1. The fourth-order valence-electron chi connectivity index (χ4n) is 4.60. The standard InChI is InChI=1S/C27H28N4O/c1-29-16-8-13-25(29)24-20-26(31(28-24)23-11-6-3-7-12-23)27(32)30-17-14-22(15-18-30)19-21-9-4-2-5-10-21/h2-13,16,20,22H,14-15,17-19H2,1H3. The molecule has 0 atom stereocenters. The number of piperidine rings is 1. The van der Waals surface area contributed by atoms with Crippen molar-refractivity contribution < 1.29 is 4.79 Å². The maximum atomic E-state index is 13.6. The van der Waals surface area contributed by atoms with Gasteiger partial charge in [0.05, 0.1) is 11.4 Å². The number of nitrogens with zero attached hydrogens (tertiary/aromatic N) is 4. The molecule has 2 aromatic carbocycles. The smallest absolute Gasteiger partial charge is 0.272 e. The van der Waals surface area contributed by atoms with Crippen molar-refractivity contribution in [3.63, 3.8) is 0 Å². The molecule has 32 heavy (non-hydrogen) atoms. The molecule has 0 spiro atoms. The van der Waals surface area contributed by atoms with E-state index < -0.39 is 0 Å². The summed E-state index contributed by atoms with van der Waals surface area (Å²) >= 11 is 0. The lowest BCUT2D eigenvalue weighted by molar-refractivity contribution is 0.0681. The highest BCUT2D eigenvalue weighted by atomic mass is 16.2. The molecule has 0 radical (unpaired) electrons. The monoisotopic (exact) mass is 424 g/mol. The van der Waals surface area contributed by atoms with Gasteiger partial charge in [-0.2, -0.15) is 5.10 Å². The average molecular weight is 425 g/mol. The predicted octanol–water partition coefficient (Wildman–Crippen LogP) is 4.97. The van der Waals surface area contributed by atoms with Gasteiger partial charge in [-0.05, 0) is 61.1 Å². The molecule has 0 bridgehead atoms. The molecule has 3 heterocycles. The lowest BCUT2D eigenvalue weighted by atomic mass is 9.90. The number of amides is 1. The predicted molar refractivity (Wildman–Crippen MR) is 127 cm³/mol. The Morgan fingerprint density at radius 2 is 1.62 bits per heavy atom. The lowest BCUT2D eigenvalue weighted by Crippen LogP contribution is -2.39. The minimum absolute atomic E-state index is 0.0555. The minimum atomic E-state index is 0.0555. The Kier molecular flexibility index (Phi) is 5.63. The fraction of sp³-hybridized carbons (Fsp3) is 0.259. The highest BCUT2D eigenvalue weighted by molar-refractivity contribution is 5.94. The van der Waals surface area contributed by atoms with Crippen LogP contribution in [0, 0.1) is 5.92 Å². The molecule has 5 rings (SSSR count). The Morgan fingerprint density at radius 1 is 0.938 bits per heavy atom. The molecule has 1 aliphatic rings. The molecule has 162 valence electrons. The van der Waals surface area contributed by atoms with E-state index in [0.717, 1.165) is 49.4 Å². The number of hydrogen-bond acceptors (Lipinski definition) is 2. The largest absolute Gasteiger partial charge is 0.349 e. The number of hydrogen-bond donors (Lipinski definition) is 0. The van der Waals surface area contributed by atoms with Crippen LogP contribution in [0.5, 0.6) is 0 Å². The molecule has 0 N–H and O–H groups in total. The number of aryl methyl sites for hydroxylation is 1. The quantitative estimate of drug-likeness (QED) is 0.454. The summed E-state index contributed by atoms with van der Waals surface area (Å²) in [7, 11) is 2.00. The van der Waals surface area contributed by atoms with Gasteiger partial charge in [0.25, 0.3) is 5.91 Å². The van der Waals surface area contributed by atoms with Crippen molar-refractivity contribution in [2.75, 3.05) is 13.1 Å². The van der Waals surface area contributed by atoms with E-state index in [2.05, 4.69) is 30.3 Å². The Hall–Kier alpha value is -3.60. The lowest BCUT2D eigenvalue weighted by Gasteiger charge is -2.32. The fourth-order valence-corrected chi connectivity index (χ4v) is 4.60. The molecule has 5 nitrogen and oxygen atoms in total. The van der Waals surface area contributed by atoms with Gasteiger partial charge in [-0.25, -0.2) is 4.68 Å². The van der Waals surface area contributed by atoms with Crippen molar-refractivity contribution in [2.24, 2.45) is 13.0 Å². The third-order valence-electron chi connectivity index (χ3n) is 6.40. The van der Waals surface area contributed by atoms with E-state index in [1.165, 1.54) is 5.56 Å². The van der Waals surface area contributed by atoms with E-state index in [9.17, 15) is 4.79 Å². The van der Waals surface area contributed by atoms with Crippen molar-refractivity contribution >= 4 is 5.91 Å². The van der Waals surface area contributed by atoms with Crippen molar-refractivity contribution in [2.45, 2.75) is 19.3 Å². The SMILES string of the molecule is Cn1cccc1-c1cc(C(=O)N2CCC(Cc3ccccc3)CC2)n(-c2ccccc2)n1. The minimum Gasteiger partial charge on any atom is -0.349 e. The van der Waals surface area contributed by atoms with Crippen molar-refractivity contribution in [1.82, 2.24) is 19.2 Å². The first-order valence-electron chi connectivity index (χ1n) is 11.3. The first-order chi connectivity index (χ1) is 15.7. The number of benzene rings is 2. The van der Waals surface area contributed by atoms with E-state index in [1.54, 1.807) is 4.68 Å². The van der Waals surface area contributed by atoms with E-state index in [4.69, 9.17) is 5.10 Å². The van der Waals surface area contributed by atoms with E-state index in [0.29, 0.717) is 11.6 Å². The molecule has 1 saturated heterocycles. The Bertz CT molecular complexity index is 1180. The van der Waals surface area contributed by atoms with Crippen molar-refractivity contribution in [3.8, 4) is 17.1 Å². The second kappa shape index (κ2) is 8.87. The van der Waals surface area contributed by atoms with Crippen LogP contribution in [0.3, 0.4) is 0 Å². The summed E-state index contributed by atoms with van der Waals surface area (Å²) in [6, 6.07) is 26.5. The first-order valence-corrected chi connectivity index (χ1v) is 11.3. The second-order valence-corrected chi connectivity index (χ2v) is 8.59. The van der Waals surface area contributed by atoms with Crippen molar-refractivity contribution in [3.05, 3.63) is 96.3 Å². The normalized spacial score (nSPS) is 14.6. The molecule has 2 aromatic heterocycles. The van der Waals surface area contributed by atoms with Gasteiger partial charge < -0.3 is 9.47 Å². The van der Waals surface area contributed by atoms with E-state index in [-0.39, 0.29) is 5.91 Å². The summed E-state index contributed by atoms with van der Waals surface area (Å²) < 4.78 is 3.82. The Morgan fingerprint density at radius 3 is 2.28 bits per heavy atom. The van der Waals surface area contributed by atoms with Gasteiger partial charge in [0.1, 0.15) is 11.4 Å². The molecular formula is C27H28N4O. The highest BCUT2D eigenvalue weighted by Crippen LogP contribution is 2.26. The van der Waals surface area contributed by atoms with Gasteiger partial charge in [-0.1, -0.05) is 48.5 Å². The van der Waals surface area contributed by atoms with Gasteiger partial charge in [0.2, 0.25) is 0 Å². The Balaban J connectivity index is 1.37. The number of carbonyl (C=O) groups excluding carboxylic acids is 1. The number of likely N-dealkylation sites (tertiary alicyclic amines) is 1. The van der Waals surface area contributed by atoms with Crippen LogP contribution in [0.25, 0.3) is 17.1 Å². The zero-order valence-electron chi connectivity index (χ0n) is 18.4. The highest BCUT2D eigenvalue weighted by Gasteiger charge is 2.27. The summed E-state index contributed by atoms with van der Waals surface area (Å²) in [5.74, 6) is 0.680. The summed E-state index contributed by atoms with van der Waals surface area (Å²) in [5.41, 5.74) is 4.70. The average Bonchev–Trinajstić information content (AvgIpc) is 3.47. The maximum Gasteiger partial charge on any atom is 0.272 e. The van der Waals surface area contributed by atoms with Crippen LogP contribution < -0.4 is 0 Å². The second-order valence-electron chi connectivity index (χ2n) is 8.59. The van der Waals surface area contributed by atoms with Crippen LogP contribution in [0.1, 0.15) is 28.9 Å². The molecule has 0 saturated carbocycles. The van der Waals surface area contributed by atoms with Gasteiger partial charge >= 0.3 is 0 Å². The molecular weight excluding hydrogens is 396 g/mol. The first kappa shape index (κ1) is 20.3. The Labute approximate surface area is 188 Å². The molecule has 0 unspecified atom stereocenters. The third-order valence-corrected chi connectivity index (χ3v) is 6.40. The van der Waals surface area contributed by atoms with E-state index >= 15 is 0 Å². The molecule has 4 aromatic rings. The van der Waals surface area contributed by atoms with Crippen LogP contribution in [0.15, 0.2) is 85.1 Å². The van der Waals surface area contributed by atoms with Crippen LogP contribution in [0.4, 0.5) is 0 Å². The van der Waals surface area contributed by atoms with Crippen LogP contribution >= 0.6 is 0 Å². The summed E-state index contributed by atoms with van der Waals surface area (Å²) in [4.78, 5) is 15.6. The van der Waals surface area contributed by atoms with Crippen LogP contribution in [0.2, 0.25) is 0 Å². The molecule has 0 aliphatic carbocycles. The summed E-state index contributed by atoms with van der Waals surface area (Å²) in [5, 5.41) is 4.82. The zero-order valence-corrected chi connectivity index (χ0v) is 18.4. The third kappa shape index (κ3) is 4.11. The van der Waals surface area contributed by atoms with Crippen LogP contribution in [-0.4, -0.2) is 38.2 Å².